The van der Waals surface area contributed by atoms with E-state index in [0.29, 0.717) is 30.8 Å². The fraction of sp³-hybridized carbons (Fsp3) is 0.913. The Hall–Kier alpha value is -1.06. The Morgan fingerprint density at radius 2 is 1.59 bits per heavy atom. The van der Waals surface area contributed by atoms with E-state index in [-0.39, 0.29) is 17.2 Å². The summed E-state index contributed by atoms with van der Waals surface area (Å²) in [5.74, 6) is 4.11. The number of rotatable bonds is 6. The van der Waals surface area contributed by atoms with Crippen LogP contribution < -0.4 is 10.6 Å². The van der Waals surface area contributed by atoms with Crippen molar-refractivity contribution in [2.75, 3.05) is 6.54 Å². The van der Waals surface area contributed by atoms with Gasteiger partial charge >= 0.3 is 0 Å². The number of amides is 2. The first-order chi connectivity index (χ1) is 12.9. The lowest BCUT2D eigenvalue weighted by Gasteiger charge is -2.55. The Labute approximate surface area is 164 Å². The topological polar surface area (TPSA) is 58.2 Å². The Balaban J connectivity index is 1.18. The molecule has 152 valence electrons. The van der Waals surface area contributed by atoms with Gasteiger partial charge in [0.1, 0.15) is 0 Å². The summed E-state index contributed by atoms with van der Waals surface area (Å²) < 4.78 is 0. The smallest absolute Gasteiger partial charge is 0.226 e. The second kappa shape index (κ2) is 7.75. The van der Waals surface area contributed by atoms with Gasteiger partial charge < -0.3 is 10.6 Å². The predicted octanol–water partition coefficient (Wildman–Crippen LogP) is 4.04. The molecule has 4 bridgehead atoms. The minimum Gasteiger partial charge on any atom is -0.356 e. The Morgan fingerprint density at radius 1 is 0.963 bits per heavy atom. The van der Waals surface area contributed by atoms with Crippen LogP contribution in [0.3, 0.4) is 0 Å². The Kier molecular flexibility index (Phi) is 5.53. The summed E-state index contributed by atoms with van der Waals surface area (Å²) in [7, 11) is 0. The lowest BCUT2D eigenvalue weighted by molar-refractivity contribution is -0.146. The second-order valence-electron chi connectivity index (χ2n) is 10.5. The molecule has 0 heterocycles. The maximum atomic E-state index is 12.9. The average Bonchev–Trinajstić information content (AvgIpc) is 2.61. The van der Waals surface area contributed by atoms with Gasteiger partial charge in [-0.05, 0) is 81.0 Å². The molecule has 4 heteroatoms. The summed E-state index contributed by atoms with van der Waals surface area (Å²) in [6.45, 7) is 5.20. The SMILES string of the molecule is C[C@H]1[C@H](C)CCC[C@@H]1NC(=O)CCCNC(=O)C12CC3CC(CC(C3)C1)C2. The highest BCUT2D eigenvalue weighted by atomic mass is 16.2. The molecule has 5 rings (SSSR count). The lowest BCUT2D eigenvalue weighted by atomic mass is 9.49. The molecule has 0 spiro atoms. The molecule has 0 aromatic carbocycles. The van der Waals surface area contributed by atoms with Gasteiger partial charge in [-0.2, -0.15) is 0 Å². The normalized spacial score (nSPS) is 42.7. The van der Waals surface area contributed by atoms with E-state index < -0.39 is 0 Å². The van der Waals surface area contributed by atoms with Crippen LogP contribution in [0.4, 0.5) is 0 Å². The van der Waals surface area contributed by atoms with Crippen LogP contribution in [0.25, 0.3) is 0 Å². The molecule has 0 aliphatic heterocycles. The zero-order chi connectivity index (χ0) is 19.0. The maximum Gasteiger partial charge on any atom is 0.226 e. The van der Waals surface area contributed by atoms with Gasteiger partial charge in [0.15, 0.2) is 0 Å². The van der Waals surface area contributed by atoms with Crippen molar-refractivity contribution in [2.45, 2.75) is 90.5 Å². The van der Waals surface area contributed by atoms with E-state index in [1.54, 1.807) is 0 Å². The average molecular weight is 375 g/mol. The molecule has 0 saturated heterocycles. The molecule has 5 aliphatic carbocycles. The van der Waals surface area contributed by atoms with E-state index in [4.69, 9.17) is 0 Å². The minimum absolute atomic E-state index is 0.0648. The van der Waals surface area contributed by atoms with E-state index in [2.05, 4.69) is 24.5 Å². The lowest BCUT2D eigenvalue weighted by Crippen LogP contribution is -2.53. The first kappa shape index (κ1) is 19.3. The number of hydrogen-bond acceptors (Lipinski definition) is 2. The summed E-state index contributed by atoms with van der Waals surface area (Å²) in [5.41, 5.74) is -0.0648. The van der Waals surface area contributed by atoms with E-state index in [1.807, 2.05) is 0 Å². The third-order valence-corrected chi connectivity index (χ3v) is 8.44. The number of carbonyl (C=O) groups excluding carboxylic acids is 2. The molecule has 5 aliphatic rings. The van der Waals surface area contributed by atoms with Gasteiger partial charge in [-0.3, -0.25) is 9.59 Å². The summed E-state index contributed by atoms with van der Waals surface area (Å²) in [5, 5.41) is 6.44. The number of hydrogen-bond donors (Lipinski definition) is 2. The van der Waals surface area contributed by atoms with Crippen LogP contribution in [-0.2, 0) is 9.59 Å². The van der Waals surface area contributed by atoms with Crippen LogP contribution in [0.5, 0.6) is 0 Å². The molecule has 2 amide bonds. The highest BCUT2D eigenvalue weighted by Crippen LogP contribution is 2.60. The molecule has 0 aromatic heterocycles. The minimum atomic E-state index is -0.0648. The molecule has 27 heavy (non-hydrogen) atoms. The van der Waals surface area contributed by atoms with Gasteiger partial charge in [-0.15, -0.1) is 0 Å². The first-order valence-electron chi connectivity index (χ1n) is 11.5. The summed E-state index contributed by atoms with van der Waals surface area (Å²) in [4.78, 5) is 25.2. The van der Waals surface area contributed by atoms with Crippen LogP contribution in [-0.4, -0.2) is 24.4 Å². The van der Waals surface area contributed by atoms with Crippen molar-refractivity contribution >= 4 is 11.8 Å². The largest absolute Gasteiger partial charge is 0.356 e. The first-order valence-corrected chi connectivity index (χ1v) is 11.5. The molecule has 5 fully saturated rings. The summed E-state index contributed by atoms with van der Waals surface area (Å²) in [6, 6.07) is 0.336. The van der Waals surface area contributed by atoms with E-state index in [0.717, 1.165) is 49.9 Å². The van der Waals surface area contributed by atoms with Gasteiger partial charge in [-0.25, -0.2) is 0 Å². The Morgan fingerprint density at radius 3 is 2.22 bits per heavy atom. The monoisotopic (exact) mass is 374 g/mol. The number of nitrogens with one attached hydrogen (secondary N) is 2. The quantitative estimate of drug-likeness (QED) is 0.689. The van der Waals surface area contributed by atoms with Gasteiger partial charge in [0.2, 0.25) is 11.8 Å². The third kappa shape index (κ3) is 4.05. The zero-order valence-corrected chi connectivity index (χ0v) is 17.3. The van der Waals surface area contributed by atoms with Crippen molar-refractivity contribution in [2.24, 2.45) is 35.0 Å². The van der Waals surface area contributed by atoms with Crippen LogP contribution in [0.1, 0.15) is 84.5 Å². The molecular weight excluding hydrogens is 336 g/mol. The van der Waals surface area contributed by atoms with E-state index in [1.165, 1.54) is 32.1 Å². The van der Waals surface area contributed by atoms with Crippen LogP contribution in [0.15, 0.2) is 0 Å². The molecule has 0 radical (unpaired) electrons. The van der Waals surface area contributed by atoms with Gasteiger partial charge in [0.25, 0.3) is 0 Å². The fourth-order valence-electron chi connectivity index (χ4n) is 7.09. The van der Waals surface area contributed by atoms with Crippen molar-refractivity contribution in [3.63, 3.8) is 0 Å². The molecule has 4 nitrogen and oxygen atoms in total. The molecule has 0 aromatic rings. The predicted molar refractivity (Wildman–Crippen MR) is 107 cm³/mol. The van der Waals surface area contributed by atoms with E-state index >= 15 is 0 Å². The zero-order valence-electron chi connectivity index (χ0n) is 17.3. The molecule has 5 saturated carbocycles. The Bertz CT molecular complexity index is 537. The fourth-order valence-corrected chi connectivity index (χ4v) is 7.09. The highest BCUT2D eigenvalue weighted by molar-refractivity contribution is 5.83. The van der Waals surface area contributed by atoms with Gasteiger partial charge in [-0.1, -0.05) is 26.7 Å². The molecule has 3 atom stereocenters. The maximum absolute atomic E-state index is 12.9. The number of carbonyl (C=O) groups is 2. The van der Waals surface area contributed by atoms with Gasteiger partial charge in [0.05, 0.1) is 0 Å². The standard InChI is InChI=1S/C23H38N2O2/c1-15-5-3-6-20(16(15)2)25-21(26)7-4-8-24-22(27)23-12-17-9-18(13-23)11-19(10-17)14-23/h15-20H,3-14H2,1-2H3,(H,24,27)(H,25,26)/t15-,16+,17?,18?,19?,20+,23?/m1/s1. The van der Waals surface area contributed by atoms with Crippen molar-refractivity contribution < 1.29 is 9.59 Å². The van der Waals surface area contributed by atoms with Gasteiger partial charge in [0, 0.05) is 24.4 Å². The second-order valence-corrected chi connectivity index (χ2v) is 10.5. The van der Waals surface area contributed by atoms with Crippen LogP contribution >= 0.6 is 0 Å². The highest BCUT2D eigenvalue weighted by Gasteiger charge is 2.54. The van der Waals surface area contributed by atoms with Crippen LogP contribution in [0, 0.1) is 35.0 Å². The van der Waals surface area contributed by atoms with Crippen molar-refractivity contribution in [3.8, 4) is 0 Å². The molecular formula is C23H38N2O2. The van der Waals surface area contributed by atoms with Crippen molar-refractivity contribution in [1.29, 1.82) is 0 Å². The summed E-state index contributed by atoms with van der Waals surface area (Å²) in [6.07, 6.45) is 12.3. The molecule has 0 unspecified atom stereocenters. The van der Waals surface area contributed by atoms with E-state index in [9.17, 15) is 9.59 Å². The summed E-state index contributed by atoms with van der Waals surface area (Å²) >= 11 is 0. The van der Waals surface area contributed by atoms with Crippen LogP contribution in [0.2, 0.25) is 0 Å². The van der Waals surface area contributed by atoms with Crippen molar-refractivity contribution in [1.82, 2.24) is 10.6 Å². The molecule has 2 N–H and O–H groups in total. The third-order valence-electron chi connectivity index (χ3n) is 8.44. The van der Waals surface area contributed by atoms with Crippen molar-refractivity contribution in [3.05, 3.63) is 0 Å².